The zero-order valence-electron chi connectivity index (χ0n) is 16.0. The summed E-state index contributed by atoms with van der Waals surface area (Å²) in [5.74, 6) is 0.975. The van der Waals surface area contributed by atoms with E-state index in [4.69, 9.17) is 9.40 Å². The smallest absolute Gasteiger partial charge is 0.227 e. The molecule has 3 aromatic heterocycles. The van der Waals surface area contributed by atoms with E-state index in [1.165, 1.54) is 0 Å². The van der Waals surface area contributed by atoms with E-state index in [-0.39, 0.29) is 6.17 Å². The fourth-order valence-electron chi connectivity index (χ4n) is 4.34. The van der Waals surface area contributed by atoms with Crippen LogP contribution in [0.2, 0.25) is 0 Å². The molecule has 0 saturated heterocycles. The number of fused-ring (bicyclic) bond motifs is 4. The molecule has 1 atom stereocenters. The van der Waals surface area contributed by atoms with Gasteiger partial charge in [0.15, 0.2) is 11.4 Å². The van der Waals surface area contributed by atoms with Crippen molar-refractivity contribution >= 4 is 39.3 Å². The zero-order chi connectivity index (χ0) is 18.7. The normalized spacial score (nSPS) is 16.7. The fourth-order valence-corrected chi connectivity index (χ4v) is 4.34. The molecule has 1 aromatic carbocycles. The highest BCUT2D eigenvalue weighted by atomic mass is 16.3. The minimum absolute atomic E-state index is 0.139. The van der Waals surface area contributed by atoms with Crippen LogP contribution in [0.4, 0.5) is 17.2 Å². The summed E-state index contributed by atoms with van der Waals surface area (Å²) in [6, 6.07) is 12.8. The van der Waals surface area contributed by atoms with Crippen molar-refractivity contribution in [2.24, 2.45) is 0 Å². The number of anilines is 3. The maximum absolute atomic E-state index is 6.24. The maximum atomic E-state index is 6.24. The lowest BCUT2D eigenvalue weighted by Crippen LogP contribution is -2.42. The van der Waals surface area contributed by atoms with Crippen LogP contribution >= 0.6 is 0 Å². The molecular formula is C22H22N4O. The second kappa shape index (κ2) is 5.71. The van der Waals surface area contributed by atoms with Gasteiger partial charge >= 0.3 is 0 Å². The van der Waals surface area contributed by atoms with Crippen LogP contribution in [0.25, 0.3) is 22.1 Å². The Bertz CT molecular complexity index is 1160. The SMILES string of the molecule is Cc1ccc2c(oc3ncccc32)c1N1c2ncccc2N(C(C)C)[C@@H]1C. The maximum Gasteiger partial charge on any atom is 0.227 e. The Kier molecular flexibility index (Phi) is 3.41. The Hall–Kier alpha value is -3.08. The van der Waals surface area contributed by atoms with Crippen molar-refractivity contribution in [3.8, 4) is 0 Å². The first-order chi connectivity index (χ1) is 13.1. The van der Waals surface area contributed by atoms with Gasteiger partial charge in [0.1, 0.15) is 6.17 Å². The third-order valence-corrected chi connectivity index (χ3v) is 5.44. The average molecular weight is 358 g/mol. The summed E-state index contributed by atoms with van der Waals surface area (Å²) < 4.78 is 6.24. The highest BCUT2D eigenvalue weighted by molar-refractivity contribution is 6.09. The molecule has 136 valence electrons. The molecule has 0 radical (unpaired) electrons. The van der Waals surface area contributed by atoms with E-state index < -0.39 is 0 Å². The van der Waals surface area contributed by atoms with Gasteiger partial charge in [-0.15, -0.1) is 0 Å². The Morgan fingerprint density at radius 1 is 1.00 bits per heavy atom. The van der Waals surface area contributed by atoms with E-state index in [9.17, 15) is 0 Å². The number of pyridine rings is 2. The third-order valence-electron chi connectivity index (χ3n) is 5.44. The van der Waals surface area contributed by atoms with Gasteiger partial charge in [0, 0.05) is 29.2 Å². The van der Waals surface area contributed by atoms with E-state index in [0.717, 1.165) is 39.1 Å². The molecule has 0 bridgehead atoms. The Labute approximate surface area is 158 Å². The van der Waals surface area contributed by atoms with Crippen LogP contribution < -0.4 is 9.80 Å². The molecule has 5 nitrogen and oxygen atoms in total. The molecule has 5 heteroatoms. The second-order valence-electron chi connectivity index (χ2n) is 7.41. The van der Waals surface area contributed by atoms with Crippen molar-refractivity contribution in [2.75, 3.05) is 9.80 Å². The summed E-state index contributed by atoms with van der Waals surface area (Å²) in [7, 11) is 0. The number of benzene rings is 1. The zero-order valence-corrected chi connectivity index (χ0v) is 16.0. The number of nitrogens with zero attached hydrogens (tertiary/aromatic N) is 4. The van der Waals surface area contributed by atoms with Gasteiger partial charge in [0.05, 0.1) is 11.4 Å². The summed E-state index contributed by atoms with van der Waals surface area (Å²) in [5, 5.41) is 2.13. The molecule has 0 spiro atoms. The number of rotatable bonds is 2. The second-order valence-corrected chi connectivity index (χ2v) is 7.41. The van der Waals surface area contributed by atoms with Gasteiger partial charge in [-0.3, -0.25) is 0 Å². The number of furan rings is 1. The third kappa shape index (κ3) is 2.17. The highest BCUT2D eigenvalue weighted by Gasteiger charge is 2.38. The number of hydrogen-bond donors (Lipinski definition) is 0. The van der Waals surface area contributed by atoms with Crippen molar-refractivity contribution in [1.82, 2.24) is 9.97 Å². The standard InChI is InChI=1S/C22H22N4O/c1-13(2)25-15(4)26(21-18(25)8-6-11-23-21)19-14(3)9-10-16-17-7-5-12-24-22(17)27-20(16)19/h5-13,15H,1-4H3/t15-/m0/s1. The van der Waals surface area contributed by atoms with Gasteiger partial charge in [-0.05, 0) is 57.5 Å². The quantitative estimate of drug-likeness (QED) is 0.480. The first kappa shape index (κ1) is 16.1. The van der Waals surface area contributed by atoms with Crippen molar-refractivity contribution in [1.29, 1.82) is 0 Å². The molecule has 0 aliphatic carbocycles. The first-order valence-corrected chi connectivity index (χ1v) is 9.37. The molecule has 4 heterocycles. The highest BCUT2D eigenvalue weighted by Crippen LogP contribution is 2.47. The monoisotopic (exact) mass is 358 g/mol. The number of aromatic nitrogens is 2. The summed E-state index contributed by atoms with van der Waals surface area (Å²) in [4.78, 5) is 13.8. The number of aryl methyl sites for hydroxylation is 1. The molecule has 5 rings (SSSR count). The van der Waals surface area contributed by atoms with Crippen molar-refractivity contribution in [2.45, 2.75) is 39.9 Å². The van der Waals surface area contributed by atoms with Crippen LogP contribution in [-0.4, -0.2) is 22.2 Å². The lowest BCUT2D eigenvalue weighted by molar-refractivity contribution is 0.601. The van der Waals surface area contributed by atoms with Gasteiger partial charge in [0.2, 0.25) is 5.71 Å². The minimum Gasteiger partial charge on any atom is -0.435 e. The van der Waals surface area contributed by atoms with E-state index in [1.807, 2.05) is 18.3 Å². The van der Waals surface area contributed by atoms with Crippen molar-refractivity contribution < 1.29 is 4.42 Å². The van der Waals surface area contributed by atoms with Gasteiger partial charge in [0.25, 0.3) is 0 Å². The van der Waals surface area contributed by atoms with Crippen LogP contribution in [0.3, 0.4) is 0 Å². The van der Waals surface area contributed by atoms with E-state index >= 15 is 0 Å². The number of hydrogen-bond acceptors (Lipinski definition) is 5. The van der Waals surface area contributed by atoms with Crippen LogP contribution in [-0.2, 0) is 0 Å². The Balaban J connectivity index is 1.82. The first-order valence-electron chi connectivity index (χ1n) is 9.37. The molecule has 0 saturated carbocycles. The van der Waals surface area contributed by atoms with Gasteiger partial charge in [-0.1, -0.05) is 12.1 Å². The van der Waals surface area contributed by atoms with Crippen molar-refractivity contribution in [3.05, 3.63) is 54.4 Å². The predicted molar refractivity (Wildman–Crippen MR) is 110 cm³/mol. The molecule has 0 fully saturated rings. The van der Waals surface area contributed by atoms with Crippen molar-refractivity contribution in [3.63, 3.8) is 0 Å². The summed E-state index contributed by atoms with van der Waals surface area (Å²) in [6.45, 7) is 8.79. The summed E-state index contributed by atoms with van der Waals surface area (Å²) in [5.41, 5.74) is 4.94. The topological polar surface area (TPSA) is 45.4 Å². The molecule has 0 N–H and O–H groups in total. The molecule has 1 aliphatic rings. The van der Waals surface area contributed by atoms with E-state index in [2.05, 4.69) is 66.7 Å². The van der Waals surface area contributed by atoms with Crippen LogP contribution in [0.5, 0.6) is 0 Å². The van der Waals surface area contributed by atoms with Crippen LogP contribution in [0, 0.1) is 6.92 Å². The van der Waals surface area contributed by atoms with Crippen LogP contribution in [0.15, 0.2) is 53.2 Å². The van der Waals surface area contributed by atoms with E-state index in [1.54, 1.807) is 6.20 Å². The van der Waals surface area contributed by atoms with Gasteiger partial charge in [-0.2, -0.15) is 0 Å². The molecular weight excluding hydrogens is 336 g/mol. The lowest BCUT2D eigenvalue weighted by atomic mass is 10.1. The Morgan fingerprint density at radius 2 is 1.78 bits per heavy atom. The molecule has 27 heavy (non-hydrogen) atoms. The average Bonchev–Trinajstić information content (AvgIpc) is 3.17. The molecule has 4 aromatic rings. The molecule has 0 amide bonds. The molecule has 0 unspecified atom stereocenters. The Morgan fingerprint density at radius 3 is 2.59 bits per heavy atom. The summed E-state index contributed by atoms with van der Waals surface area (Å²) in [6.07, 6.45) is 3.77. The van der Waals surface area contributed by atoms with Crippen LogP contribution in [0.1, 0.15) is 26.3 Å². The lowest BCUT2D eigenvalue weighted by Gasteiger charge is -2.33. The van der Waals surface area contributed by atoms with Gasteiger partial charge in [-0.25, -0.2) is 9.97 Å². The predicted octanol–water partition coefficient (Wildman–Crippen LogP) is 5.40. The van der Waals surface area contributed by atoms with E-state index in [0.29, 0.717) is 11.8 Å². The summed E-state index contributed by atoms with van der Waals surface area (Å²) >= 11 is 0. The molecule has 1 aliphatic heterocycles. The fraction of sp³-hybridized carbons (Fsp3) is 0.273. The minimum atomic E-state index is 0.139. The largest absolute Gasteiger partial charge is 0.435 e. The van der Waals surface area contributed by atoms with Gasteiger partial charge < -0.3 is 14.2 Å².